The SMILES string of the molecule is CCn1c(=O)c2sccc2n2c(CCCC(=O)NCc3ccc(C)cc3)nnc12. The second-order valence-corrected chi connectivity index (χ2v) is 7.97. The molecule has 0 aliphatic rings. The van der Waals surface area contributed by atoms with Crippen LogP contribution in [0.4, 0.5) is 0 Å². The summed E-state index contributed by atoms with van der Waals surface area (Å²) in [4.78, 5) is 24.8. The Kier molecular flexibility index (Phi) is 5.44. The molecule has 1 aromatic carbocycles. The number of benzene rings is 1. The largest absolute Gasteiger partial charge is 0.352 e. The van der Waals surface area contributed by atoms with Crippen molar-refractivity contribution >= 4 is 33.2 Å². The molecular formula is C21H23N5O2S. The molecule has 0 radical (unpaired) electrons. The number of amides is 1. The van der Waals surface area contributed by atoms with Gasteiger partial charge in [-0.2, -0.15) is 0 Å². The fraction of sp³-hybridized carbons (Fsp3) is 0.333. The Balaban J connectivity index is 1.43. The summed E-state index contributed by atoms with van der Waals surface area (Å²) in [6.07, 6.45) is 1.70. The number of carbonyl (C=O) groups excluding carboxylic acids is 1. The summed E-state index contributed by atoms with van der Waals surface area (Å²) in [6.45, 7) is 5.04. The first-order valence-corrected chi connectivity index (χ1v) is 10.6. The van der Waals surface area contributed by atoms with Crippen molar-refractivity contribution in [2.45, 2.75) is 46.2 Å². The quantitative estimate of drug-likeness (QED) is 0.509. The summed E-state index contributed by atoms with van der Waals surface area (Å²) in [5.41, 5.74) is 3.10. The van der Waals surface area contributed by atoms with Crippen molar-refractivity contribution in [3.63, 3.8) is 0 Å². The second-order valence-electron chi connectivity index (χ2n) is 7.05. The highest BCUT2D eigenvalue weighted by Crippen LogP contribution is 2.20. The molecule has 0 aliphatic heterocycles. The average Bonchev–Trinajstić information content (AvgIpc) is 3.35. The molecule has 29 heavy (non-hydrogen) atoms. The molecule has 0 fully saturated rings. The van der Waals surface area contributed by atoms with Crippen LogP contribution >= 0.6 is 11.3 Å². The van der Waals surface area contributed by atoms with Crippen LogP contribution in [0.3, 0.4) is 0 Å². The van der Waals surface area contributed by atoms with Crippen LogP contribution in [0.25, 0.3) is 16.0 Å². The van der Waals surface area contributed by atoms with Crippen molar-refractivity contribution in [1.82, 2.24) is 24.5 Å². The topological polar surface area (TPSA) is 81.3 Å². The highest BCUT2D eigenvalue weighted by molar-refractivity contribution is 7.17. The van der Waals surface area contributed by atoms with E-state index >= 15 is 0 Å². The van der Waals surface area contributed by atoms with Gasteiger partial charge in [0.1, 0.15) is 10.5 Å². The highest BCUT2D eigenvalue weighted by Gasteiger charge is 2.16. The number of carbonyl (C=O) groups is 1. The number of hydrogen-bond donors (Lipinski definition) is 1. The molecule has 4 aromatic rings. The van der Waals surface area contributed by atoms with Gasteiger partial charge < -0.3 is 5.32 Å². The van der Waals surface area contributed by atoms with E-state index < -0.39 is 0 Å². The van der Waals surface area contributed by atoms with Crippen molar-refractivity contribution in [1.29, 1.82) is 0 Å². The number of nitrogens with zero attached hydrogens (tertiary/aromatic N) is 4. The first kappa shape index (κ1) is 19.3. The maximum Gasteiger partial charge on any atom is 0.272 e. The predicted molar refractivity (Wildman–Crippen MR) is 114 cm³/mol. The number of aromatic nitrogens is 4. The Hall–Kier alpha value is -3.00. The summed E-state index contributed by atoms with van der Waals surface area (Å²) in [7, 11) is 0. The molecular weight excluding hydrogens is 386 g/mol. The normalized spacial score (nSPS) is 11.4. The molecule has 0 bridgehead atoms. The van der Waals surface area contributed by atoms with Gasteiger partial charge in [-0.25, -0.2) is 0 Å². The molecule has 0 saturated carbocycles. The molecule has 7 nitrogen and oxygen atoms in total. The van der Waals surface area contributed by atoms with Gasteiger partial charge in [0.2, 0.25) is 11.7 Å². The molecule has 0 atom stereocenters. The number of aryl methyl sites for hydroxylation is 3. The number of nitrogens with one attached hydrogen (secondary N) is 1. The Morgan fingerprint density at radius 1 is 1.17 bits per heavy atom. The minimum atomic E-state index is -0.0283. The molecule has 3 heterocycles. The standard InChI is InChI=1S/C21H23N5O2S/c1-3-25-20(28)19-16(11-12-29-19)26-17(23-24-21(25)26)5-4-6-18(27)22-13-15-9-7-14(2)8-10-15/h7-12H,3-6,13H2,1-2H3,(H,22,27). The van der Waals surface area contributed by atoms with Crippen molar-refractivity contribution in [3.05, 3.63) is 63.0 Å². The third kappa shape index (κ3) is 3.80. The van der Waals surface area contributed by atoms with Crippen LogP contribution in [0, 0.1) is 6.92 Å². The minimum Gasteiger partial charge on any atom is -0.352 e. The maximum atomic E-state index is 12.6. The number of fused-ring (bicyclic) bond motifs is 3. The Morgan fingerprint density at radius 2 is 1.97 bits per heavy atom. The van der Waals surface area contributed by atoms with Crippen LogP contribution in [-0.2, 0) is 24.3 Å². The van der Waals surface area contributed by atoms with E-state index in [1.807, 2.05) is 54.0 Å². The highest BCUT2D eigenvalue weighted by atomic mass is 32.1. The second kappa shape index (κ2) is 8.16. The molecule has 3 aromatic heterocycles. The summed E-state index contributed by atoms with van der Waals surface area (Å²) in [5, 5.41) is 13.4. The monoisotopic (exact) mass is 409 g/mol. The lowest BCUT2D eigenvalue weighted by Crippen LogP contribution is -2.23. The van der Waals surface area contributed by atoms with Gasteiger partial charge >= 0.3 is 0 Å². The van der Waals surface area contributed by atoms with Crippen LogP contribution in [0.15, 0.2) is 40.5 Å². The Labute approximate surface area is 172 Å². The van der Waals surface area contributed by atoms with E-state index in [4.69, 9.17) is 0 Å². The minimum absolute atomic E-state index is 0.0190. The zero-order chi connectivity index (χ0) is 20.4. The lowest BCUT2D eigenvalue weighted by molar-refractivity contribution is -0.121. The van der Waals surface area contributed by atoms with Crippen LogP contribution in [0.5, 0.6) is 0 Å². The van der Waals surface area contributed by atoms with Gasteiger partial charge in [-0.3, -0.25) is 18.6 Å². The number of thiophene rings is 1. The Bertz CT molecular complexity index is 1220. The van der Waals surface area contributed by atoms with Crippen molar-refractivity contribution in [2.24, 2.45) is 0 Å². The summed E-state index contributed by atoms with van der Waals surface area (Å²) < 4.78 is 4.29. The zero-order valence-corrected chi connectivity index (χ0v) is 17.3. The molecule has 1 N–H and O–H groups in total. The fourth-order valence-corrected chi connectivity index (χ4v) is 4.25. The zero-order valence-electron chi connectivity index (χ0n) is 16.5. The molecule has 0 aliphatic carbocycles. The van der Waals surface area contributed by atoms with E-state index in [9.17, 15) is 9.59 Å². The van der Waals surface area contributed by atoms with E-state index in [0.29, 0.717) is 42.8 Å². The lowest BCUT2D eigenvalue weighted by Gasteiger charge is -2.07. The van der Waals surface area contributed by atoms with Gasteiger partial charge in [-0.05, 0) is 37.3 Å². The summed E-state index contributed by atoms with van der Waals surface area (Å²) in [5.74, 6) is 1.35. The summed E-state index contributed by atoms with van der Waals surface area (Å²) in [6, 6.07) is 10.1. The van der Waals surface area contributed by atoms with E-state index in [0.717, 1.165) is 16.9 Å². The predicted octanol–water partition coefficient (Wildman–Crippen LogP) is 3.07. The Morgan fingerprint density at radius 3 is 2.72 bits per heavy atom. The molecule has 8 heteroatoms. The van der Waals surface area contributed by atoms with Crippen molar-refractivity contribution in [3.8, 4) is 0 Å². The van der Waals surface area contributed by atoms with Gasteiger partial charge in [0.05, 0.1) is 5.52 Å². The molecule has 0 saturated heterocycles. The molecule has 0 unspecified atom stereocenters. The van der Waals surface area contributed by atoms with Crippen LogP contribution in [0.2, 0.25) is 0 Å². The summed E-state index contributed by atoms with van der Waals surface area (Å²) >= 11 is 1.43. The van der Waals surface area contributed by atoms with Gasteiger partial charge in [0.15, 0.2) is 0 Å². The first-order chi connectivity index (χ1) is 14.1. The first-order valence-electron chi connectivity index (χ1n) is 9.74. The van der Waals surface area contributed by atoms with Crippen LogP contribution in [0.1, 0.15) is 36.7 Å². The average molecular weight is 410 g/mol. The third-order valence-electron chi connectivity index (χ3n) is 5.01. The fourth-order valence-electron chi connectivity index (χ4n) is 3.43. The van der Waals surface area contributed by atoms with Crippen molar-refractivity contribution < 1.29 is 4.79 Å². The van der Waals surface area contributed by atoms with Gasteiger partial charge in [-0.1, -0.05) is 29.8 Å². The van der Waals surface area contributed by atoms with E-state index in [-0.39, 0.29) is 11.5 Å². The molecule has 0 spiro atoms. The van der Waals surface area contributed by atoms with Crippen molar-refractivity contribution in [2.75, 3.05) is 0 Å². The number of rotatable bonds is 7. The number of hydrogen-bond acceptors (Lipinski definition) is 5. The van der Waals surface area contributed by atoms with Gasteiger partial charge in [0, 0.05) is 25.9 Å². The van der Waals surface area contributed by atoms with Crippen LogP contribution < -0.4 is 10.9 Å². The maximum absolute atomic E-state index is 12.6. The third-order valence-corrected chi connectivity index (χ3v) is 5.90. The van der Waals surface area contributed by atoms with Gasteiger partial charge in [-0.15, -0.1) is 21.5 Å². The van der Waals surface area contributed by atoms with Gasteiger partial charge in [0.25, 0.3) is 5.56 Å². The van der Waals surface area contributed by atoms with E-state index in [1.165, 1.54) is 16.9 Å². The molecule has 150 valence electrons. The van der Waals surface area contributed by atoms with E-state index in [1.54, 1.807) is 4.57 Å². The smallest absolute Gasteiger partial charge is 0.272 e. The molecule has 1 amide bonds. The molecule has 4 rings (SSSR count). The lowest BCUT2D eigenvalue weighted by atomic mass is 10.1. The van der Waals surface area contributed by atoms with Crippen LogP contribution in [-0.4, -0.2) is 25.1 Å². The van der Waals surface area contributed by atoms with E-state index in [2.05, 4.69) is 15.5 Å².